The Morgan fingerprint density at radius 1 is 1.38 bits per heavy atom. The maximum absolute atomic E-state index is 12.8. The predicted molar refractivity (Wildman–Crippen MR) is 96.5 cm³/mol. The lowest BCUT2D eigenvalue weighted by Crippen LogP contribution is -2.40. The van der Waals surface area contributed by atoms with E-state index in [2.05, 4.69) is 15.1 Å². The number of nitrogens with zero attached hydrogens (tertiary/aromatic N) is 6. The lowest BCUT2D eigenvalue weighted by molar-refractivity contribution is 0.0724. The Labute approximate surface area is 153 Å². The highest BCUT2D eigenvalue weighted by molar-refractivity contribution is 7.11. The quantitative estimate of drug-likeness (QED) is 0.695. The number of likely N-dealkylation sites (tertiary alicyclic amines) is 1. The van der Waals surface area contributed by atoms with Crippen LogP contribution in [0.25, 0.3) is 5.82 Å². The average molecular weight is 370 g/mol. The van der Waals surface area contributed by atoms with Gasteiger partial charge in [0.05, 0.1) is 23.8 Å². The second kappa shape index (κ2) is 6.83. The van der Waals surface area contributed by atoms with Crippen molar-refractivity contribution < 1.29 is 4.79 Å². The second-order valence-electron chi connectivity index (χ2n) is 6.24. The first-order valence-corrected chi connectivity index (χ1v) is 9.29. The van der Waals surface area contributed by atoms with Crippen molar-refractivity contribution in [3.8, 4) is 5.82 Å². The predicted octanol–water partition coefficient (Wildman–Crippen LogP) is 1.50. The Balaban J connectivity index is 1.58. The number of imidazole rings is 1. The van der Waals surface area contributed by atoms with Gasteiger partial charge < -0.3 is 4.90 Å². The van der Waals surface area contributed by atoms with E-state index in [0.29, 0.717) is 23.8 Å². The molecule has 0 radical (unpaired) electrons. The molecule has 3 aromatic heterocycles. The molecule has 1 amide bonds. The zero-order valence-corrected chi connectivity index (χ0v) is 15.1. The molecule has 0 saturated carbocycles. The van der Waals surface area contributed by atoms with E-state index in [4.69, 9.17) is 0 Å². The maximum Gasteiger partial charge on any atom is 0.266 e. The molecule has 0 bridgehead atoms. The van der Waals surface area contributed by atoms with Crippen molar-refractivity contribution in [2.75, 3.05) is 6.54 Å². The van der Waals surface area contributed by atoms with Crippen LogP contribution < -0.4 is 5.56 Å². The van der Waals surface area contributed by atoms with E-state index in [0.717, 1.165) is 18.5 Å². The van der Waals surface area contributed by atoms with Crippen LogP contribution in [-0.4, -0.2) is 47.7 Å². The minimum atomic E-state index is -0.179. The summed E-state index contributed by atoms with van der Waals surface area (Å²) in [5.41, 5.74) is 2.26. The molecule has 0 N–H and O–H groups in total. The number of thiazole rings is 1. The van der Waals surface area contributed by atoms with Crippen LogP contribution in [-0.2, 0) is 6.54 Å². The largest absolute Gasteiger partial charge is 0.333 e. The Morgan fingerprint density at radius 2 is 2.27 bits per heavy atom. The van der Waals surface area contributed by atoms with Gasteiger partial charge in [0.2, 0.25) is 0 Å². The van der Waals surface area contributed by atoms with Gasteiger partial charge in [-0.05, 0) is 25.8 Å². The van der Waals surface area contributed by atoms with Crippen molar-refractivity contribution in [2.24, 2.45) is 0 Å². The number of amides is 1. The van der Waals surface area contributed by atoms with E-state index in [1.165, 1.54) is 22.1 Å². The Hall–Kier alpha value is -2.81. The second-order valence-corrected chi connectivity index (χ2v) is 7.10. The van der Waals surface area contributed by atoms with Gasteiger partial charge in [0, 0.05) is 25.0 Å². The summed E-state index contributed by atoms with van der Waals surface area (Å²) in [6.45, 7) is 2.91. The number of rotatable bonds is 4. The van der Waals surface area contributed by atoms with E-state index >= 15 is 0 Å². The van der Waals surface area contributed by atoms with Crippen LogP contribution >= 0.6 is 11.3 Å². The summed E-state index contributed by atoms with van der Waals surface area (Å²) in [7, 11) is 0. The lowest BCUT2D eigenvalue weighted by atomic mass is 10.2. The summed E-state index contributed by atoms with van der Waals surface area (Å²) in [6, 6.07) is 3.11. The molecule has 0 spiro atoms. The van der Waals surface area contributed by atoms with Gasteiger partial charge in [0.15, 0.2) is 5.82 Å². The Kier molecular flexibility index (Phi) is 4.37. The van der Waals surface area contributed by atoms with Gasteiger partial charge in [-0.2, -0.15) is 5.10 Å². The maximum atomic E-state index is 12.8. The van der Waals surface area contributed by atoms with E-state index in [-0.39, 0.29) is 17.5 Å². The van der Waals surface area contributed by atoms with Crippen molar-refractivity contribution in [1.82, 2.24) is 29.2 Å². The van der Waals surface area contributed by atoms with Gasteiger partial charge in [0.25, 0.3) is 11.5 Å². The molecule has 0 aliphatic carbocycles. The highest BCUT2D eigenvalue weighted by Gasteiger charge is 2.31. The number of hydrogen-bond acceptors (Lipinski definition) is 6. The number of aromatic nitrogens is 5. The fourth-order valence-corrected chi connectivity index (χ4v) is 3.99. The molecule has 134 valence electrons. The molecule has 1 aliphatic heterocycles. The monoisotopic (exact) mass is 370 g/mol. The van der Waals surface area contributed by atoms with Crippen LogP contribution in [0.4, 0.5) is 0 Å². The smallest absolute Gasteiger partial charge is 0.266 e. The zero-order valence-electron chi connectivity index (χ0n) is 14.3. The molecular weight excluding hydrogens is 352 g/mol. The summed E-state index contributed by atoms with van der Waals surface area (Å²) < 4.78 is 3.18. The summed E-state index contributed by atoms with van der Waals surface area (Å²) in [4.78, 5) is 35.8. The fourth-order valence-electron chi connectivity index (χ4n) is 3.23. The van der Waals surface area contributed by atoms with Gasteiger partial charge in [-0.15, -0.1) is 11.3 Å². The standard InChI is InChI=1S/C17H18N6O2S/c1-12-16(26-11-19-12)17(25)22-7-2-3-13(22)9-23-15(24)5-4-14(20-23)21-8-6-18-10-21/h4-6,8,10-11,13H,2-3,7,9H2,1H3. The van der Waals surface area contributed by atoms with Crippen molar-refractivity contribution in [3.05, 3.63) is 57.3 Å². The Bertz CT molecular complexity index is 977. The van der Waals surface area contributed by atoms with Crippen molar-refractivity contribution in [2.45, 2.75) is 32.4 Å². The SMILES string of the molecule is Cc1ncsc1C(=O)N1CCCC1Cn1nc(-n2ccnc2)ccc1=O. The molecule has 8 nitrogen and oxygen atoms in total. The number of aryl methyl sites for hydroxylation is 1. The van der Waals surface area contributed by atoms with Crippen molar-refractivity contribution in [1.29, 1.82) is 0 Å². The average Bonchev–Trinajstić information content (AvgIpc) is 3.37. The van der Waals surface area contributed by atoms with Gasteiger partial charge in [-0.1, -0.05) is 0 Å². The van der Waals surface area contributed by atoms with E-state index < -0.39 is 0 Å². The molecule has 4 rings (SSSR count). The summed E-state index contributed by atoms with van der Waals surface area (Å²) in [6.07, 6.45) is 6.84. The van der Waals surface area contributed by atoms with Crippen LogP contribution in [0.5, 0.6) is 0 Å². The van der Waals surface area contributed by atoms with Crippen molar-refractivity contribution in [3.63, 3.8) is 0 Å². The molecule has 1 saturated heterocycles. The number of carbonyl (C=O) groups excluding carboxylic acids is 1. The summed E-state index contributed by atoms with van der Waals surface area (Å²) in [5, 5.41) is 4.43. The summed E-state index contributed by atoms with van der Waals surface area (Å²) in [5.74, 6) is 0.614. The molecule has 3 aromatic rings. The summed E-state index contributed by atoms with van der Waals surface area (Å²) >= 11 is 1.36. The highest BCUT2D eigenvalue weighted by atomic mass is 32.1. The topological polar surface area (TPSA) is 85.9 Å². The van der Waals surface area contributed by atoms with Gasteiger partial charge in [0.1, 0.15) is 11.2 Å². The molecule has 1 aliphatic rings. The zero-order chi connectivity index (χ0) is 18.1. The number of carbonyl (C=O) groups is 1. The minimum Gasteiger partial charge on any atom is -0.333 e. The van der Waals surface area contributed by atoms with Gasteiger partial charge >= 0.3 is 0 Å². The van der Waals surface area contributed by atoms with E-state index in [1.807, 2.05) is 11.8 Å². The minimum absolute atomic E-state index is 0.00804. The van der Waals surface area contributed by atoms with Crippen LogP contribution in [0, 0.1) is 6.92 Å². The third-order valence-electron chi connectivity index (χ3n) is 4.58. The van der Waals surface area contributed by atoms with Crippen LogP contribution in [0.2, 0.25) is 0 Å². The van der Waals surface area contributed by atoms with Gasteiger partial charge in [-0.25, -0.2) is 14.6 Å². The molecule has 1 atom stereocenters. The molecule has 26 heavy (non-hydrogen) atoms. The van der Waals surface area contributed by atoms with Crippen LogP contribution in [0.1, 0.15) is 28.2 Å². The van der Waals surface area contributed by atoms with Gasteiger partial charge in [-0.3, -0.25) is 14.2 Å². The number of hydrogen-bond donors (Lipinski definition) is 0. The molecule has 4 heterocycles. The lowest BCUT2D eigenvalue weighted by Gasteiger charge is -2.24. The first kappa shape index (κ1) is 16.6. The first-order chi connectivity index (χ1) is 12.6. The van der Waals surface area contributed by atoms with Crippen LogP contribution in [0.15, 0.2) is 41.2 Å². The molecule has 0 aromatic carbocycles. The first-order valence-electron chi connectivity index (χ1n) is 8.41. The Morgan fingerprint density at radius 3 is 3.00 bits per heavy atom. The molecule has 9 heteroatoms. The molecular formula is C17H18N6O2S. The highest BCUT2D eigenvalue weighted by Crippen LogP contribution is 2.24. The van der Waals surface area contributed by atoms with E-state index in [1.54, 1.807) is 34.9 Å². The molecule has 1 unspecified atom stereocenters. The van der Waals surface area contributed by atoms with Crippen LogP contribution in [0.3, 0.4) is 0 Å². The van der Waals surface area contributed by atoms with Crippen molar-refractivity contribution >= 4 is 17.2 Å². The molecule has 1 fully saturated rings. The fraction of sp³-hybridized carbons (Fsp3) is 0.353. The van der Waals surface area contributed by atoms with E-state index in [9.17, 15) is 9.59 Å². The third kappa shape index (κ3) is 3.05. The normalized spacial score (nSPS) is 17.0. The third-order valence-corrected chi connectivity index (χ3v) is 5.50.